The van der Waals surface area contributed by atoms with E-state index in [4.69, 9.17) is 5.73 Å². The first-order valence-corrected chi connectivity index (χ1v) is 11.0. The number of nitrogens with two attached hydrogens (primary N) is 1. The van der Waals surface area contributed by atoms with Crippen molar-refractivity contribution in [1.82, 2.24) is 19.9 Å². The van der Waals surface area contributed by atoms with Crippen molar-refractivity contribution in [1.29, 1.82) is 0 Å². The highest BCUT2D eigenvalue weighted by molar-refractivity contribution is 5.97. The Morgan fingerprint density at radius 3 is 2.45 bits per heavy atom. The van der Waals surface area contributed by atoms with Crippen LogP contribution in [0.5, 0.6) is 0 Å². The molecular formula is C25H23N7O. The SMILES string of the molecule is Nc1c(-c2nc3ccc(N4CCN(c5ccccn5)CC4)cc3[nH]2)c(=O)[nH]c2ccccc12. The number of piperazine rings is 1. The molecule has 3 aromatic heterocycles. The number of pyridine rings is 2. The fourth-order valence-corrected chi connectivity index (χ4v) is 4.55. The van der Waals surface area contributed by atoms with Crippen molar-refractivity contribution in [3.05, 3.63) is 77.2 Å². The van der Waals surface area contributed by atoms with E-state index >= 15 is 0 Å². The average molecular weight is 438 g/mol. The number of benzene rings is 2. The van der Waals surface area contributed by atoms with Gasteiger partial charge in [0.25, 0.3) is 5.56 Å². The maximum atomic E-state index is 12.8. The van der Waals surface area contributed by atoms with Gasteiger partial charge in [-0.2, -0.15) is 0 Å². The van der Waals surface area contributed by atoms with Crippen LogP contribution in [0.2, 0.25) is 0 Å². The van der Waals surface area contributed by atoms with Crippen molar-refractivity contribution in [2.24, 2.45) is 0 Å². The van der Waals surface area contributed by atoms with Crippen LogP contribution in [0.25, 0.3) is 33.3 Å². The minimum Gasteiger partial charge on any atom is -0.397 e. The summed E-state index contributed by atoms with van der Waals surface area (Å²) in [5.41, 5.74) is 10.4. The second-order valence-electron chi connectivity index (χ2n) is 8.24. The summed E-state index contributed by atoms with van der Waals surface area (Å²) in [5.74, 6) is 1.50. The normalized spacial score (nSPS) is 14.3. The van der Waals surface area contributed by atoms with E-state index in [0.717, 1.165) is 54.1 Å². The van der Waals surface area contributed by atoms with E-state index in [1.54, 1.807) is 0 Å². The van der Waals surface area contributed by atoms with E-state index in [2.05, 4.69) is 41.9 Å². The summed E-state index contributed by atoms with van der Waals surface area (Å²) >= 11 is 0. The number of nitrogens with zero attached hydrogens (tertiary/aromatic N) is 4. The molecule has 1 fully saturated rings. The molecule has 8 heteroatoms. The summed E-state index contributed by atoms with van der Waals surface area (Å²) in [6.45, 7) is 3.62. The molecule has 0 saturated carbocycles. The smallest absolute Gasteiger partial charge is 0.261 e. The van der Waals surface area contributed by atoms with Crippen molar-refractivity contribution < 1.29 is 0 Å². The van der Waals surface area contributed by atoms with Gasteiger partial charge >= 0.3 is 0 Å². The highest BCUT2D eigenvalue weighted by Gasteiger charge is 2.20. The molecule has 0 unspecified atom stereocenters. The summed E-state index contributed by atoms with van der Waals surface area (Å²) in [5, 5.41) is 0.805. The minimum absolute atomic E-state index is 0.254. The first kappa shape index (κ1) is 19.4. The summed E-state index contributed by atoms with van der Waals surface area (Å²) in [4.78, 5) is 32.8. The van der Waals surface area contributed by atoms with Gasteiger partial charge in [0.15, 0.2) is 0 Å². The van der Waals surface area contributed by atoms with E-state index in [1.807, 2.05) is 54.7 Å². The Labute approximate surface area is 189 Å². The van der Waals surface area contributed by atoms with Crippen LogP contribution < -0.4 is 21.1 Å². The molecule has 4 N–H and O–H groups in total. The molecule has 0 aliphatic carbocycles. The Morgan fingerprint density at radius 2 is 1.64 bits per heavy atom. The standard InChI is InChI=1S/C25H23N7O/c26-23-17-5-1-2-6-18(17)30-25(33)22(23)24-28-19-9-8-16(15-20(19)29-24)31-11-13-32(14-12-31)21-7-3-4-10-27-21/h1-10,15H,11-14H2,(H,28,29)(H3,26,30,33). The number of aromatic nitrogens is 4. The molecule has 1 saturated heterocycles. The highest BCUT2D eigenvalue weighted by Crippen LogP contribution is 2.29. The average Bonchev–Trinajstić information content (AvgIpc) is 3.27. The molecule has 0 amide bonds. The molecule has 5 aromatic rings. The van der Waals surface area contributed by atoms with Gasteiger partial charge < -0.3 is 25.5 Å². The van der Waals surface area contributed by atoms with Gasteiger partial charge in [-0.15, -0.1) is 0 Å². The van der Waals surface area contributed by atoms with Gasteiger partial charge in [0.2, 0.25) is 0 Å². The first-order valence-electron chi connectivity index (χ1n) is 11.0. The Kier molecular flexibility index (Phi) is 4.50. The van der Waals surface area contributed by atoms with Crippen molar-refractivity contribution >= 4 is 39.1 Å². The summed E-state index contributed by atoms with van der Waals surface area (Å²) in [6.07, 6.45) is 1.83. The van der Waals surface area contributed by atoms with E-state index < -0.39 is 0 Å². The molecule has 6 rings (SSSR count). The zero-order chi connectivity index (χ0) is 22.4. The van der Waals surface area contributed by atoms with Gasteiger partial charge in [-0.3, -0.25) is 4.79 Å². The zero-order valence-electron chi connectivity index (χ0n) is 18.0. The van der Waals surface area contributed by atoms with Crippen LogP contribution >= 0.6 is 0 Å². The lowest BCUT2D eigenvalue weighted by molar-refractivity contribution is 0.648. The number of nitrogens with one attached hydrogen (secondary N) is 2. The molecule has 0 spiro atoms. The third-order valence-corrected chi connectivity index (χ3v) is 6.28. The topological polar surface area (TPSA) is 107 Å². The Balaban J connectivity index is 1.30. The van der Waals surface area contributed by atoms with Crippen molar-refractivity contribution in [3.63, 3.8) is 0 Å². The summed E-state index contributed by atoms with van der Waals surface area (Å²) in [6, 6.07) is 19.7. The van der Waals surface area contributed by atoms with Gasteiger partial charge in [0.05, 0.1) is 22.2 Å². The van der Waals surface area contributed by atoms with Gasteiger partial charge in [-0.05, 0) is 36.4 Å². The number of fused-ring (bicyclic) bond motifs is 2. The molecule has 0 bridgehead atoms. The van der Waals surface area contributed by atoms with Crippen LogP contribution in [0.4, 0.5) is 17.2 Å². The second kappa shape index (κ2) is 7.67. The lowest BCUT2D eigenvalue weighted by Crippen LogP contribution is -2.46. The lowest BCUT2D eigenvalue weighted by atomic mass is 10.1. The quantitative estimate of drug-likeness (QED) is 0.400. The third-order valence-electron chi connectivity index (χ3n) is 6.28. The molecule has 8 nitrogen and oxygen atoms in total. The van der Waals surface area contributed by atoms with Crippen molar-refractivity contribution in [3.8, 4) is 11.4 Å². The monoisotopic (exact) mass is 437 g/mol. The van der Waals surface area contributed by atoms with Crippen LogP contribution in [0.15, 0.2) is 71.7 Å². The number of aromatic amines is 2. The zero-order valence-corrected chi connectivity index (χ0v) is 18.0. The van der Waals surface area contributed by atoms with E-state index in [9.17, 15) is 4.79 Å². The van der Waals surface area contributed by atoms with Gasteiger partial charge in [0, 0.05) is 43.4 Å². The van der Waals surface area contributed by atoms with E-state index in [0.29, 0.717) is 22.6 Å². The number of para-hydroxylation sites is 1. The van der Waals surface area contributed by atoms with E-state index in [-0.39, 0.29) is 5.56 Å². The number of nitrogen functional groups attached to an aromatic ring is 1. The number of imidazole rings is 1. The van der Waals surface area contributed by atoms with Gasteiger partial charge in [0.1, 0.15) is 17.2 Å². The highest BCUT2D eigenvalue weighted by atomic mass is 16.1. The maximum Gasteiger partial charge on any atom is 0.261 e. The predicted molar refractivity (Wildman–Crippen MR) is 133 cm³/mol. The van der Waals surface area contributed by atoms with Crippen LogP contribution in [0, 0.1) is 0 Å². The van der Waals surface area contributed by atoms with Gasteiger partial charge in [-0.25, -0.2) is 9.97 Å². The van der Waals surface area contributed by atoms with Crippen LogP contribution in [-0.4, -0.2) is 46.1 Å². The molecule has 2 aromatic carbocycles. The number of hydrogen-bond donors (Lipinski definition) is 3. The molecular weight excluding hydrogens is 414 g/mol. The molecule has 4 heterocycles. The molecule has 164 valence electrons. The van der Waals surface area contributed by atoms with Crippen molar-refractivity contribution in [2.75, 3.05) is 41.7 Å². The number of anilines is 3. The fourth-order valence-electron chi connectivity index (χ4n) is 4.55. The van der Waals surface area contributed by atoms with Crippen LogP contribution in [0.3, 0.4) is 0 Å². The first-order chi connectivity index (χ1) is 16.2. The Hall–Kier alpha value is -4.33. The van der Waals surface area contributed by atoms with E-state index in [1.165, 1.54) is 0 Å². The Bertz CT molecular complexity index is 1510. The lowest BCUT2D eigenvalue weighted by Gasteiger charge is -2.36. The number of hydrogen-bond acceptors (Lipinski definition) is 6. The summed E-state index contributed by atoms with van der Waals surface area (Å²) < 4.78 is 0. The molecule has 1 aliphatic heterocycles. The molecule has 1 aliphatic rings. The summed E-state index contributed by atoms with van der Waals surface area (Å²) in [7, 11) is 0. The largest absolute Gasteiger partial charge is 0.397 e. The van der Waals surface area contributed by atoms with Crippen LogP contribution in [-0.2, 0) is 0 Å². The Morgan fingerprint density at radius 1 is 0.848 bits per heavy atom. The number of H-pyrrole nitrogens is 2. The second-order valence-corrected chi connectivity index (χ2v) is 8.24. The maximum absolute atomic E-state index is 12.8. The molecule has 0 radical (unpaired) electrons. The predicted octanol–water partition coefficient (Wildman–Crippen LogP) is 3.38. The molecule has 33 heavy (non-hydrogen) atoms. The van der Waals surface area contributed by atoms with Gasteiger partial charge in [-0.1, -0.05) is 24.3 Å². The number of rotatable bonds is 3. The molecule has 0 atom stereocenters. The third kappa shape index (κ3) is 3.36. The minimum atomic E-state index is -0.254. The van der Waals surface area contributed by atoms with Crippen molar-refractivity contribution in [2.45, 2.75) is 0 Å². The van der Waals surface area contributed by atoms with Crippen LogP contribution in [0.1, 0.15) is 0 Å². The fraction of sp³-hybridized carbons (Fsp3) is 0.160.